The summed E-state index contributed by atoms with van der Waals surface area (Å²) in [6, 6.07) is 6.77. The average molecular weight is 554 g/mol. The van der Waals surface area contributed by atoms with Gasteiger partial charge in [-0.2, -0.15) is 0 Å². The third-order valence-corrected chi connectivity index (χ3v) is 5.98. The monoisotopic (exact) mass is 553 g/mol. The van der Waals surface area contributed by atoms with Crippen LogP contribution in [0.4, 0.5) is 0 Å². The van der Waals surface area contributed by atoms with Crippen molar-refractivity contribution in [2.45, 2.75) is 60.4 Å². The number of likely N-dealkylation sites (tertiary alicyclic amines) is 1. The van der Waals surface area contributed by atoms with Crippen LogP contribution in [0.25, 0.3) is 0 Å². The van der Waals surface area contributed by atoms with Gasteiger partial charge in [0, 0.05) is 19.6 Å². The van der Waals surface area contributed by atoms with Gasteiger partial charge in [-0.05, 0) is 78.5 Å². The van der Waals surface area contributed by atoms with Crippen LogP contribution in [0.1, 0.15) is 53.8 Å². The molecule has 0 radical (unpaired) electrons. The lowest BCUT2D eigenvalue weighted by Gasteiger charge is -2.30. The first-order valence-corrected chi connectivity index (χ1v) is 11.7. The van der Waals surface area contributed by atoms with Crippen molar-refractivity contribution in [2.75, 3.05) is 32.7 Å². The second-order valence-corrected chi connectivity index (χ2v) is 8.86. The molecule has 0 bridgehead atoms. The SMILES string of the molecule is CCNC(=NCC1CCN(Cc2nc(C)c(C)o2)CC1)NCCc1cc(C)cc(C)c1.I. The lowest BCUT2D eigenvalue weighted by Crippen LogP contribution is -2.39. The Hall–Kier alpha value is -1.61. The van der Waals surface area contributed by atoms with Crippen molar-refractivity contribution in [2.24, 2.45) is 10.9 Å². The zero-order valence-corrected chi connectivity index (χ0v) is 22.7. The molecule has 0 spiro atoms. The molecule has 2 heterocycles. The molecule has 3 rings (SSSR count). The first kappa shape index (κ1) is 26.6. The summed E-state index contributed by atoms with van der Waals surface area (Å²) in [7, 11) is 0. The van der Waals surface area contributed by atoms with Gasteiger partial charge in [-0.15, -0.1) is 24.0 Å². The fourth-order valence-corrected chi connectivity index (χ4v) is 4.23. The van der Waals surface area contributed by atoms with Crippen LogP contribution in [0.3, 0.4) is 0 Å². The van der Waals surface area contributed by atoms with Gasteiger partial charge in [0.2, 0.25) is 5.89 Å². The standard InChI is InChI=1S/C25H39N5O.HI/c1-6-26-25(27-10-7-23-14-18(2)13-19(3)15-23)28-16-22-8-11-30(12-9-22)17-24-29-20(4)21(5)31-24;/h13-15,22H,6-12,16-17H2,1-5H3,(H2,26,27,28);1H. The van der Waals surface area contributed by atoms with E-state index in [9.17, 15) is 0 Å². The van der Waals surface area contributed by atoms with E-state index in [1.54, 1.807) is 0 Å². The Bertz CT molecular complexity index is 831. The van der Waals surface area contributed by atoms with Gasteiger partial charge in [0.1, 0.15) is 5.76 Å². The first-order chi connectivity index (χ1) is 14.9. The van der Waals surface area contributed by atoms with Crippen LogP contribution in [0.5, 0.6) is 0 Å². The second kappa shape index (κ2) is 13.2. The molecule has 1 aliphatic heterocycles. The lowest BCUT2D eigenvalue weighted by molar-refractivity contribution is 0.166. The maximum absolute atomic E-state index is 5.74. The Morgan fingerprint density at radius 2 is 1.78 bits per heavy atom. The van der Waals surface area contributed by atoms with E-state index < -0.39 is 0 Å². The predicted octanol–water partition coefficient (Wildman–Crippen LogP) is 4.54. The molecule has 0 atom stereocenters. The van der Waals surface area contributed by atoms with Crippen LogP contribution in [-0.2, 0) is 13.0 Å². The van der Waals surface area contributed by atoms with Crippen LogP contribution in [0, 0.1) is 33.6 Å². The number of piperidine rings is 1. The van der Waals surface area contributed by atoms with Crippen LogP contribution >= 0.6 is 24.0 Å². The van der Waals surface area contributed by atoms with E-state index in [0.717, 1.165) is 69.0 Å². The number of aromatic nitrogens is 1. The number of halogens is 1. The van der Waals surface area contributed by atoms with Crippen molar-refractivity contribution in [3.8, 4) is 0 Å². The molecule has 0 aliphatic carbocycles. The molecular formula is C25H40IN5O. The summed E-state index contributed by atoms with van der Waals surface area (Å²) < 4.78 is 5.74. The molecule has 1 saturated heterocycles. The van der Waals surface area contributed by atoms with Gasteiger partial charge in [-0.25, -0.2) is 4.98 Å². The minimum absolute atomic E-state index is 0. The smallest absolute Gasteiger partial charge is 0.208 e. The summed E-state index contributed by atoms with van der Waals surface area (Å²) in [4.78, 5) is 11.8. The quantitative estimate of drug-likeness (QED) is 0.286. The molecule has 0 unspecified atom stereocenters. The Morgan fingerprint density at radius 3 is 2.38 bits per heavy atom. The summed E-state index contributed by atoms with van der Waals surface area (Å²) in [5.41, 5.74) is 5.04. The number of benzene rings is 1. The molecule has 1 aromatic heterocycles. The molecule has 1 aliphatic rings. The van der Waals surface area contributed by atoms with E-state index in [4.69, 9.17) is 9.41 Å². The van der Waals surface area contributed by atoms with E-state index in [-0.39, 0.29) is 24.0 Å². The predicted molar refractivity (Wildman–Crippen MR) is 143 cm³/mol. The maximum Gasteiger partial charge on any atom is 0.208 e. The third-order valence-electron chi connectivity index (χ3n) is 5.98. The van der Waals surface area contributed by atoms with E-state index in [1.807, 2.05) is 13.8 Å². The minimum Gasteiger partial charge on any atom is -0.444 e. The molecule has 32 heavy (non-hydrogen) atoms. The van der Waals surface area contributed by atoms with E-state index >= 15 is 0 Å². The molecule has 2 aromatic rings. The molecule has 1 fully saturated rings. The number of nitrogens with zero attached hydrogens (tertiary/aromatic N) is 3. The highest BCUT2D eigenvalue weighted by molar-refractivity contribution is 14.0. The molecule has 2 N–H and O–H groups in total. The normalized spacial score (nSPS) is 15.5. The highest BCUT2D eigenvalue weighted by atomic mass is 127. The summed E-state index contributed by atoms with van der Waals surface area (Å²) in [5.74, 6) is 3.34. The van der Waals surface area contributed by atoms with Crippen molar-refractivity contribution < 1.29 is 4.42 Å². The molecule has 0 amide bonds. The van der Waals surface area contributed by atoms with Gasteiger partial charge < -0.3 is 15.1 Å². The number of guanidine groups is 1. The fraction of sp³-hybridized carbons (Fsp3) is 0.600. The second-order valence-electron chi connectivity index (χ2n) is 8.86. The zero-order chi connectivity index (χ0) is 22.2. The van der Waals surface area contributed by atoms with Crippen LogP contribution in [0.2, 0.25) is 0 Å². The number of aliphatic imine (C=N–C) groups is 1. The largest absolute Gasteiger partial charge is 0.444 e. The number of rotatable bonds is 8. The van der Waals surface area contributed by atoms with Crippen molar-refractivity contribution in [3.63, 3.8) is 0 Å². The molecule has 0 saturated carbocycles. The average Bonchev–Trinajstić information content (AvgIpc) is 3.03. The van der Waals surface area contributed by atoms with E-state index in [0.29, 0.717) is 5.92 Å². The Kier molecular flexibility index (Phi) is 11.0. The van der Waals surface area contributed by atoms with Crippen molar-refractivity contribution in [3.05, 3.63) is 52.2 Å². The van der Waals surface area contributed by atoms with Gasteiger partial charge in [-0.3, -0.25) is 9.89 Å². The number of aryl methyl sites for hydroxylation is 4. The van der Waals surface area contributed by atoms with Crippen LogP contribution in [0.15, 0.2) is 27.6 Å². The Labute approximate surface area is 210 Å². The maximum atomic E-state index is 5.74. The van der Waals surface area contributed by atoms with Gasteiger partial charge in [0.05, 0.1) is 12.2 Å². The summed E-state index contributed by atoms with van der Waals surface area (Å²) in [6.45, 7) is 16.0. The molecule has 1 aromatic carbocycles. The lowest BCUT2D eigenvalue weighted by atomic mass is 9.97. The van der Waals surface area contributed by atoms with Crippen molar-refractivity contribution >= 4 is 29.9 Å². The van der Waals surface area contributed by atoms with E-state index in [1.165, 1.54) is 29.5 Å². The zero-order valence-electron chi connectivity index (χ0n) is 20.3. The summed E-state index contributed by atoms with van der Waals surface area (Å²) in [6.07, 6.45) is 3.35. The highest BCUT2D eigenvalue weighted by Crippen LogP contribution is 2.20. The topological polar surface area (TPSA) is 65.7 Å². The first-order valence-electron chi connectivity index (χ1n) is 11.7. The Morgan fingerprint density at radius 1 is 1.09 bits per heavy atom. The number of hydrogen-bond acceptors (Lipinski definition) is 4. The van der Waals surface area contributed by atoms with Crippen molar-refractivity contribution in [1.29, 1.82) is 0 Å². The van der Waals surface area contributed by atoms with Gasteiger partial charge in [-0.1, -0.05) is 29.3 Å². The van der Waals surface area contributed by atoms with Crippen LogP contribution < -0.4 is 10.6 Å². The molecule has 7 heteroatoms. The van der Waals surface area contributed by atoms with Crippen molar-refractivity contribution in [1.82, 2.24) is 20.5 Å². The number of hydrogen-bond donors (Lipinski definition) is 2. The number of oxazole rings is 1. The molecular weight excluding hydrogens is 513 g/mol. The summed E-state index contributed by atoms with van der Waals surface area (Å²) in [5, 5.41) is 6.89. The molecule has 6 nitrogen and oxygen atoms in total. The van der Waals surface area contributed by atoms with Gasteiger partial charge in [0.15, 0.2) is 5.96 Å². The van der Waals surface area contributed by atoms with Gasteiger partial charge in [0.25, 0.3) is 0 Å². The number of nitrogens with one attached hydrogen (secondary N) is 2. The van der Waals surface area contributed by atoms with Gasteiger partial charge >= 0.3 is 0 Å². The van der Waals surface area contributed by atoms with Crippen LogP contribution in [-0.4, -0.2) is 48.6 Å². The summed E-state index contributed by atoms with van der Waals surface area (Å²) >= 11 is 0. The highest BCUT2D eigenvalue weighted by Gasteiger charge is 2.21. The Balaban J connectivity index is 0.00000363. The van der Waals surface area contributed by atoms with E-state index in [2.05, 4.69) is 59.5 Å². The minimum atomic E-state index is 0. The molecule has 178 valence electrons. The third kappa shape index (κ3) is 8.39. The fourth-order valence-electron chi connectivity index (χ4n) is 4.23.